The van der Waals surface area contributed by atoms with Gasteiger partial charge >= 0.3 is 0 Å². The molecule has 8 heteroatoms. The lowest BCUT2D eigenvalue weighted by Crippen LogP contribution is -2.38. The van der Waals surface area contributed by atoms with Crippen molar-refractivity contribution < 1.29 is 9.47 Å². The molecule has 2 rings (SSSR count). The SMILES string of the molecule is CCNC(=NCc1nncn1CC)NCCc1ccc(OCC)c(OCC)c1. The van der Waals surface area contributed by atoms with E-state index in [1.165, 1.54) is 5.56 Å². The molecule has 0 amide bonds. The van der Waals surface area contributed by atoms with Crippen molar-refractivity contribution in [2.24, 2.45) is 4.99 Å². The topological polar surface area (TPSA) is 85.6 Å². The Labute approximate surface area is 167 Å². The fourth-order valence-electron chi connectivity index (χ4n) is 2.73. The van der Waals surface area contributed by atoms with Gasteiger partial charge in [-0.2, -0.15) is 0 Å². The quantitative estimate of drug-likeness (QED) is 0.454. The molecular weight excluding hydrogens is 356 g/mol. The van der Waals surface area contributed by atoms with Crippen LogP contribution in [0, 0.1) is 0 Å². The molecule has 0 spiro atoms. The van der Waals surface area contributed by atoms with Crippen LogP contribution in [0.3, 0.4) is 0 Å². The van der Waals surface area contributed by atoms with Gasteiger partial charge in [0.15, 0.2) is 23.3 Å². The third-order valence-electron chi connectivity index (χ3n) is 4.07. The first kappa shape index (κ1) is 21.5. The van der Waals surface area contributed by atoms with Crippen molar-refractivity contribution in [3.63, 3.8) is 0 Å². The number of hydrogen-bond acceptors (Lipinski definition) is 5. The fraction of sp³-hybridized carbons (Fsp3) is 0.550. The minimum Gasteiger partial charge on any atom is -0.490 e. The zero-order valence-corrected chi connectivity index (χ0v) is 17.4. The Balaban J connectivity index is 1.94. The van der Waals surface area contributed by atoms with E-state index in [1.807, 2.05) is 37.5 Å². The number of hydrogen-bond donors (Lipinski definition) is 2. The molecule has 0 aliphatic rings. The predicted molar refractivity (Wildman–Crippen MR) is 111 cm³/mol. The largest absolute Gasteiger partial charge is 0.490 e. The molecule has 1 aromatic heterocycles. The summed E-state index contributed by atoms with van der Waals surface area (Å²) < 4.78 is 13.3. The van der Waals surface area contributed by atoms with Crippen molar-refractivity contribution in [1.82, 2.24) is 25.4 Å². The monoisotopic (exact) mass is 388 g/mol. The van der Waals surface area contributed by atoms with Gasteiger partial charge in [-0.3, -0.25) is 0 Å². The van der Waals surface area contributed by atoms with Crippen LogP contribution in [0.5, 0.6) is 11.5 Å². The molecule has 0 radical (unpaired) electrons. The van der Waals surface area contributed by atoms with Gasteiger partial charge in [0.2, 0.25) is 0 Å². The van der Waals surface area contributed by atoms with Gasteiger partial charge in [-0.25, -0.2) is 4.99 Å². The molecule has 0 aliphatic heterocycles. The second kappa shape index (κ2) is 11.8. The van der Waals surface area contributed by atoms with Crippen molar-refractivity contribution >= 4 is 5.96 Å². The Kier molecular flexibility index (Phi) is 9.10. The van der Waals surface area contributed by atoms with Crippen LogP contribution in [0.15, 0.2) is 29.5 Å². The second-order valence-corrected chi connectivity index (χ2v) is 6.05. The van der Waals surface area contributed by atoms with E-state index in [0.29, 0.717) is 19.8 Å². The molecule has 0 bridgehead atoms. The molecule has 0 fully saturated rings. The highest BCUT2D eigenvalue weighted by atomic mass is 16.5. The number of aliphatic imine (C=N–C) groups is 1. The lowest BCUT2D eigenvalue weighted by Gasteiger charge is -2.14. The minimum absolute atomic E-state index is 0.487. The molecule has 0 aliphatic carbocycles. The van der Waals surface area contributed by atoms with Gasteiger partial charge in [0.05, 0.1) is 13.2 Å². The molecule has 28 heavy (non-hydrogen) atoms. The highest BCUT2D eigenvalue weighted by Crippen LogP contribution is 2.28. The Morgan fingerprint density at radius 1 is 1.07 bits per heavy atom. The van der Waals surface area contributed by atoms with Gasteiger partial charge < -0.3 is 24.7 Å². The molecule has 1 aromatic carbocycles. The van der Waals surface area contributed by atoms with Crippen molar-refractivity contribution in [2.45, 2.75) is 47.2 Å². The van der Waals surface area contributed by atoms with E-state index >= 15 is 0 Å². The third-order valence-corrected chi connectivity index (χ3v) is 4.07. The van der Waals surface area contributed by atoms with Crippen LogP contribution in [0.1, 0.15) is 39.1 Å². The van der Waals surface area contributed by atoms with E-state index in [1.54, 1.807) is 6.33 Å². The summed E-state index contributed by atoms with van der Waals surface area (Å²) in [4.78, 5) is 4.61. The summed E-state index contributed by atoms with van der Waals surface area (Å²) in [6.07, 6.45) is 2.58. The number of guanidine groups is 1. The maximum atomic E-state index is 5.70. The highest BCUT2D eigenvalue weighted by Gasteiger charge is 2.07. The van der Waals surface area contributed by atoms with Gasteiger partial charge in [0.25, 0.3) is 0 Å². The zero-order chi connectivity index (χ0) is 20.2. The summed E-state index contributed by atoms with van der Waals surface area (Å²) in [6.45, 7) is 12.2. The van der Waals surface area contributed by atoms with Gasteiger partial charge in [0, 0.05) is 19.6 Å². The normalized spacial score (nSPS) is 11.4. The van der Waals surface area contributed by atoms with Crippen LogP contribution in [0.4, 0.5) is 0 Å². The molecule has 0 atom stereocenters. The van der Waals surface area contributed by atoms with Crippen LogP contribution >= 0.6 is 0 Å². The Morgan fingerprint density at radius 2 is 1.86 bits per heavy atom. The van der Waals surface area contributed by atoms with Crippen molar-refractivity contribution in [2.75, 3.05) is 26.3 Å². The zero-order valence-electron chi connectivity index (χ0n) is 17.4. The number of nitrogens with one attached hydrogen (secondary N) is 2. The van der Waals surface area contributed by atoms with Crippen LogP contribution in [0.25, 0.3) is 0 Å². The molecule has 154 valence electrons. The van der Waals surface area contributed by atoms with E-state index in [2.05, 4.69) is 38.8 Å². The molecule has 0 unspecified atom stereocenters. The Hall–Kier alpha value is -2.77. The summed E-state index contributed by atoms with van der Waals surface area (Å²) in [7, 11) is 0. The number of ether oxygens (including phenoxy) is 2. The number of benzene rings is 1. The molecule has 8 nitrogen and oxygen atoms in total. The van der Waals surface area contributed by atoms with E-state index in [4.69, 9.17) is 9.47 Å². The lowest BCUT2D eigenvalue weighted by molar-refractivity contribution is 0.287. The Bertz CT molecular complexity index is 744. The van der Waals surface area contributed by atoms with Crippen LogP contribution in [0.2, 0.25) is 0 Å². The number of rotatable bonds is 11. The first-order chi connectivity index (χ1) is 13.7. The smallest absolute Gasteiger partial charge is 0.191 e. The van der Waals surface area contributed by atoms with Crippen molar-refractivity contribution in [3.05, 3.63) is 35.9 Å². The summed E-state index contributed by atoms with van der Waals surface area (Å²) in [5, 5.41) is 14.7. The molecular formula is C20H32N6O2. The summed E-state index contributed by atoms with van der Waals surface area (Å²) >= 11 is 0. The van der Waals surface area contributed by atoms with E-state index in [9.17, 15) is 0 Å². The first-order valence-corrected chi connectivity index (χ1v) is 9.99. The predicted octanol–water partition coefficient (Wildman–Crippen LogP) is 2.39. The van der Waals surface area contributed by atoms with E-state index in [0.717, 1.165) is 49.3 Å². The third kappa shape index (κ3) is 6.44. The Morgan fingerprint density at radius 3 is 2.57 bits per heavy atom. The highest BCUT2D eigenvalue weighted by molar-refractivity contribution is 5.79. The molecule has 2 aromatic rings. The summed E-state index contributed by atoms with van der Waals surface area (Å²) in [5.41, 5.74) is 1.18. The van der Waals surface area contributed by atoms with Crippen LogP contribution < -0.4 is 20.1 Å². The molecule has 0 saturated heterocycles. The molecule has 2 N–H and O–H groups in total. The van der Waals surface area contributed by atoms with Crippen LogP contribution in [-0.2, 0) is 19.5 Å². The average Bonchev–Trinajstić information content (AvgIpc) is 3.16. The van der Waals surface area contributed by atoms with Gasteiger partial charge in [-0.15, -0.1) is 10.2 Å². The first-order valence-electron chi connectivity index (χ1n) is 9.99. The number of nitrogens with zero attached hydrogens (tertiary/aromatic N) is 4. The number of aryl methyl sites for hydroxylation is 1. The van der Waals surface area contributed by atoms with Crippen molar-refractivity contribution in [1.29, 1.82) is 0 Å². The van der Waals surface area contributed by atoms with E-state index < -0.39 is 0 Å². The molecule has 1 heterocycles. The fourth-order valence-corrected chi connectivity index (χ4v) is 2.73. The molecule has 0 saturated carbocycles. The maximum Gasteiger partial charge on any atom is 0.191 e. The van der Waals surface area contributed by atoms with Crippen molar-refractivity contribution in [3.8, 4) is 11.5 Å². The van der Waals surface area contributed by atoms with Gasteiger partial charge in [-0.1, -0.05) is 6.07 Å². The number of aromatic nitrogens is 3. The second-order valence-electron chi connectivity index (χ2n) is 6.05. The van der Waals surface area contributed by atoms with Gasteiger partial charge in [-0.05, 0) is 51.8 Å². The van der Waals surface area contributed by atoms with Crippen LogP contribution in [-0.4, -0.2) is 47.0 Å². The summed E-state index contributed by atoms with van der Waals surface area (Å²) in [6, 6.07) is 6.09. The maximum absolute atomic E-state index is 5.70. The minimum atomic E-state index is 0.487. The summed E-state index contributed by atoms with van der Waals surface area (Å²) in [5.74, 6) is 3.20. The van der Waals surface area contributed by atoms with E-state index in [-0.39, 0.29) is 0 Å². The lowest BCUT2D eigenvalue weighted by atomic mass is 10.1. The van der Waals surface area contributed by atoms with Gasteiger partial charge in [0.1, 0.15) is 12.9 Å². The average molecular weight is 389 g/mol. The standard InChI is InChI=1S/C20H32N6O2/c1-5-21-20(23-14-19-25-24-15-26(19)6-2)22-12-11-16-9-10-17(27-7-3)18(13-16)28-8-4/h9-10,13,15H,5-8,11-12,14H2,1-4H3,(H2,21,22,23).